The van der Waals surface area contributed by atoms with Gasteiger partial charge in [0.05, 0.1) is 17.5 Å². The number of anilines is 2. The highest BCUT2D eigenvalue weighted by molar-refractivity contribution is 5.88. The van der Waals surface area contributed by atoms with Crippen molar-refractivity contribution in [3.05, 3.63) is 24.0 Å². The molecular formula is C18H27FN2O3. The van der Waals surface area contributed by atoms with Crippen molar-refractivity contribution in [1.29, 1.82) is 0 Å². The van der Waals surface area contributed by atoms with E-state index in [1.807, 2.05) is 0 Å². The van der Waals surface area contributed by atoms with Crippen LogP contribution in [-0.2, 0) is 9.57 Å². The first-order chi connectivity index (χ1) is 11.3. The first-order valence-electron chi connectivity index (χ1n) is 8.44. The molecule has 24 heavy (non-hydrogen) atoms. The molecule has 1 aromatic carbocycles. The maximum atomic E-state index is 14.1. The van der Waals surface area contributed by atoms with Crippen molar-refractivity contribution in [3.63, 3.8) is 0 Å². The third-order valence-electron chi connectivity index (χ3n) is 3.87. The molecule has 1 aliphatic rings. The largest absolute Gasteiger partial charge is 0.443 e. The summed E-state index contributed by atoms with van der Waals surface area (Å²) in [6.45, 7) is 5.31. The van der Waals surface area contributed by atoms with Crippen LogP contribution in [0.4, 0.5) is 20.6 Å². The number of carbonyl (C=O) groups excluding carboxylic acids is 1. The molecule has 0 aliphatic heterocycles. The maximum absolute atomic E-state index is 14.1. The van der Waals surface area contributed by atoms with E-state index in [0.29, 0.717) is 5.69 Å². The Morgan fingerprint density at radius 1 is 1.25 bits per heavy atom. The Hall–Kier alpha value is -1.82. The van der Waals surface area contributed by atoms with Crippen LogP contribution < -0.4 is 10.4 Å². The van der Waals surface area contributed by atoms with E-state index in [-0.39, 0.29) is 11.8 Å². The van der Waals surface area contributed by atoms with Crippen LogP contribution >= 0.6 is 0 Å². The van der Waals surface area contributed by atoms with E-state index < -0.39 is 17.5 Å². The SMILES string of the molecule is CN(C(=O)OC(C)(C)C)c1cc(NOC2CCCCC2)ccc1F. The lowest BCUT2D eigenvalue weighted by molar-refractivity contribution is 0.0587. The van der Waals surface area contributed by atoms with Crippen molar-refractivity contribution in [2.24, 2.45) is 0 Å². The van der Waals surface area contributed by atoms with Gasteiger partial charge in [0.2, 0.25) is 0 Å². The van der Waals surface area contributed by atoms with E-state index in [1.54, 1.807) is 32.9 Å². The molecule has 0 heterocycles. The summed E-state index contributed by atoms with van der Waals surface area (Å²) in [4.78, 5) is 18.9. The van der Waals surface area contributed by atoms with Crippen LogP contribution in [0.3, 0.4) is 0 Å². The van der Waals surface area contributed by atoms with Gasteiger partial charge >= 0.3 is 6.09 Å². The Morgan fingerprint density at radius 3 is 2.54 bits per heavy atom. The van der Waals surface area contributed by atoms with Gasteiger partial charge in [-0.15, -0.1) is 0 Å². The molecule has 1 saturated carbocycles. The van der Waals surface area contributed by atoms with Gasteiger partial charge in [-0.05, 0) is 51.8 Å². The lowest BCUT2D eigenvalue weighted by Gasteiger charge is -2.25. The van der Waals surface area contributed by atoms with Crippen LogP contribution in [0.25, 0.3) is 0 Å². The Balaban J connectivity index is 2.03. The molecule has 0 unspecified atom stereocenters. The normalized spacial score (nSPS) is 15.9. The van der Waals surface area contributed by atoms with Gasteiger partial charge in [0.1, 0.15) is 11.4 Å². The fraction of sp³-hybridized carbons (Fsp3) is 0.611. The second-order valence-corrected chi connectivity index (χ2v) is 7.19. The molecule has 0 atom stereocenters. The molecule has 2 rings (SSSR count). The summed E-state index contributed by atoms with van der Waals surface area (Å²) in [5.74, 6) is -0.494. The summed E-state index contributed by atoms with van der Waals surface area (Å²) in [5, 5.41) is 0. The number of halogens is 1. The van der Waals surface area contributed by atoms with E-state index >= 15 is 0 Å². The average molecular weight is 338 g/mol. The number of hydrogen-bond donors (Lipinski definition) is 1. The fourth-order valence-corrected chi connectivity index (χ4v) is 2.60. The van der Waals surface area contributed by atoms with Gasteiger partial charge in [-0.3, -0.25) is 15.2 Å². The van der Waals surface area contributed by atoms with Crippen LogP contribution in [-0.4, -0.2) is 24.8 Å². The van der Waals surface area contributed by atoms with Gasteiger partial charge < -0.3 is 4.74 Å². The lowest BCUT2D eigenvalue weighted by Crippen LogP contribution is -2.34. The maximum Gasteiger partial charge on any atom is 0.414 e. The molecule has 0 aromatic heterocycles. The predicted octanol–water partition coefficient (Wildman–Crippen LogP) is 4.87. The number of nitrogens with one attached hydrogen (secondary N) is 1. The minimum absolute atomic E-state index is 0.140. The molecule has 6 heteroatoms. The van der Waals surface area contributed by atoms with Crippen molar-refractivity contribution >= 4 is 17.5 Å². The molecule has 0 spiro atoms. The van der Waals surface area contributed by atoms with Crippen LogP contribution in [0, 0.1) is 5.82 Å². The average Bonchev–Trinajstić information content (AvgIpc) is 2.53. The fourth-order valence-electron chi connectivity index (χ4n) is 2.60. The second-order valence-electron chi connectivity index (χ2n) is 7.19. The zero-order chi connectivity index (χ0) is 17.7. The monoisotopic (exact) mass is 338 g/mol. The highest BCUT2D eigenvalue weighted by Crippen LogP contribution is 2.26. The van der Waals surface area contributed by atoms with Crippen molar-refractivity contribution in [3.8, 4) is 0 Å². The third-order valence-corrected chi connectivity index (χ3v) is 3.87. The summed E-state index contributed by atoms with van der Waals surface area (Å²) in [6, 6.07) is 4.44. The van der Waals surface area contributed by atoms with Crippen molar-refractivity contribution in [2.75, 3.05) is 17.4 Å². The summed E-state index contributed by atoms with van der Waals surface area (Å²) in [7, 11) is 1.48. The first kappa shape index (κ1) is 18.5. The van der Waals surface area contributed by atoms with Gasteiger partial charge in [0.15, 0.2) is 0 Å². The van der Waals surface area contributed by atoms with Crippen LogP contribution in [0.15, 0.2) is 18.2 Å². The Kier molecular flexibility index (Phi) is 6.04. The molecule has 134 valence electrons. The zero-order valence-corrected chi connectivity index (χ0v) is 14.9. The molecular weight excluding hydrogens is 311 g/mol. The van der Waals surface area contributed by atoms with Gasteiger partial charge in [0.25, 0.3) is 0 Å². The van der Waals surface area contributed by atoms with E-state index in [9.17, 15) is 9.18 Å². The summed E-state index contributed by atoms with van der Waals surface area (Å²) < 4.78 is 19.4. The van der Waals surface area contributed by atoms with Crippen molar-refractivity contribution in [1.82, 2.24) is 0 Å². The van der Waals surface area contributed by atoms with E-state index in [4.69, 9.17) is 9.57 Å². The zero-order valence-electron chi connectivity index (χ0n) is 14.9. The number of carbonyl (C=O) groups is 1. The quantitative estimate of drug-likeness (QED) is 0.796. The molecule has 1 aliphatic carbocycles. The predicted molar refractivity (Wildman–Crippen MR) is 92.6 cm³/mol. The van der Waals surface area contributed by atoms with E-state index in [0.717, 1.165) is 17.7 Å². The standard InChI is InChI=1S/C18H27FN2O3/c1-18(2,3)23-17(22)21(4)16-12-13(10-11-15(16)19)20-24-14-8-6-5-7-9-14/h10-12,14,20H,5-9H2,1-4H3. The van der Waals surface area contributed by atoms with E-state index in [1.165, 1.54) is 32.4 Å². The molecule has 0 radical (unpaired) electrons. The number of nitrogens with zero attached hydrogens (tertiary/aromatic N) is 1. The molecule has 1 fully saturated rings. The highest BCUT2D eigenvalue weighted by atomic mass is 19.1. The molecule has 0 saturated heterocycles. The lowest BCUT2D eigenvalue weighted by atomic mass is 9.98. The smallest absolute Gasteiger partial charge is 0.414 e. The van der Waals surface area contributed by atoms with Crippen LogP contribution in [0.1, 0.15) is 52.9 Å². The number of rotatable bonds is 4. The molecule has 5 nitrogen and oxygen atoms in total. The van der Waals surface area contributed by atoms with Crippen molar-refractivity contribution < 1.29 is 18.8 Å². The second kappa shape index (κ2) is 7.83. The molecule has 1 N–H and O–H groups in total. The minimum Gasteiger partial charge on any atom is -0.443 e. The van der Waals surface area contributed by atoms with Gasteiger partial charge in [-0.25, -0.2) is 9.18 Å². The number of ether oxygens (including phenoxy) is 1. The molecule has 1 amide bonds. The third kappa shape index (κ3) is 5.37. The first-order valence-corrected chi connectivity index (χ1v) is 8.44. The van der Waals surface area contributed by atoms with Gasteiger partial charge in [0, 0.05) is 7.05 Å². The number of amides is 1. The number of benzene rings is 1. The Labute approximate surface area is 143 Å². The number of hydrogen-bond acceptors (Lipinski definition) is 4. The van der Waals surface area contributed by atoms with Gasteiger partial charge in [-0.2, -0.15) is 0 Å². The van der Waals surface area contributed by atoms with Crippen LogP contribution in [0.2, 0.25) is 0 Å². The van der Waals surface area contributed by atoms with Gasteiger partial charge in [-0.1, -0.05) is 19.3 Å². The highest BCUT2D eigenvalue weighted by Gasteiger charge is 2.23. The summed E-state index contributed by atoms with van der Waals surface area (Å²) >= 11 is 0. The topological polar surface area (TPSA) is 50.8 Å². The van der Waals surface area contributed by atoms with Crippen LogP contribution in [0.5, 0.6) is 0 Å². The summed E-state index contributed by atoms with van der Waals surface area (Å²) in [6.07, 6.45) is 5.21. The molecule has 0 bridgehead atoms. The van der Waals surface area contributed by atoms with E-state index in [2.05, 4.69) is 5.48 Å². The Bertz CT molecular complexity index is 566. The minimum atomic E-state index is -0.637. The Morgan fingerprint density at radius 2 is 1.92 bits per heavy atom. The van der Waals surface area contributed by atoms with Crippen molar-refractivity contribution in [2.45, 2.75) is 64.6 Å². The summed E-state index contributed by atoms with van der Waals surface area (Å²) in [5.41, 5.74) is 2.99. The molecule has 1 aromatic rings.